The highest BCUT2D eigenvalue weighted by atomic mass is 15.3. The van der Waals surface area contributed by atoms with Crippen LogP contribution >= 0.6 is 0 Å². The van der Waals surface area contributed by atoms with Crippen LogP contribution in [0.1, 0.15) is 19.7 Å². The van der Waals surface area contributed by atoms with Crippen molar-refractivity contribution >= 4 is 0 Å². The van der Waals surface area contributed by atoms with Crippen LogP contribution in [0.3, 0.4) is 0 Å². The van der Waals surface area contributed by atoms with Crippen molar-refractivity contribution in [3.05, 3.63) is 24.8 Å². The molecule has 0 fully saturated rings. The SMILES string of the molecule is C=CC(C)(CNCC)Cc1ncnn1C. The molecule has 0 saturated carbocycles. The second kappa shape index (κ2) is 5.07. The van der Waals surface area contributed by atoms with E-state index in [2.05, 4.69) is 35.8 Å². The van der Waals surface area contributed by atoms with E-state index < -0.39 is 0 Å². The van der Waals surface area contributed by atoms with E-state index in [4.69, 9.17) is 0 Å². The van der Waals surface area contributed by atoms with E-state index in [9.17, 15) is 0 Å². The number of hydrogen-bond donors (Lipinski definition) is 1. The van der Waals surface area contributed by atoms with E-state index in [1.807, 2.05) is 17.8 Å². The Morgan fingerprint density at radius 2 is 2.40 bits per heavy atom. The monoisotopic (exact) mass is 208 g/mol. The van der Waals surface area contributed by atoms with Crippen molar-refractivity contribution in [3.8, 4) is 0 Å². The first-order chi connectivity index (χ1) is 7.11. The number of rotatable bonds is 6. The summed E-state index contributed by atoms with van der Waals surface area (Å²) >= 11 is 0. The molecule has 0 radical (unpaired) electrons. The van der Waals surface area contributed by atoms with Gasteiger partial charge in [-0.25, -0.2) is 4.98 Å². The zero-order chi connectivity index (χ0) is 11.3. The van der Waals surface area contributed by atoms with Gasteiger partial charge in [-0.05, 0) is 6.54 Å². The summed E-state index contributed by atoms with van der Waals surface area (Å²) in [6.45, 7) is 10.1. The predicted molar refractivity (Wildman–Crippen MR) is 61.6 cm³/mol. The van der Waals surface area contributed by atoms with E-state index >= 15 is 0 Å². The molecule has 0 aromatic carbocycles. The molecule has 1 atom stereocenters. The highest BCUT2D eigenvalue weighted by molar-refractivity contribution is 5.01. The van der Waals surface area contributed by atoms with E-state index in [1.54, 1.807) is 6.33 Å². The lowest BCUT2D eigenvalue weighted by Gasteiger charge is -2.25. The summed E-state index contributed by atoms with van der Waals surface area (Å²) in [5.41, 5.74) is 0.0385. The van der Waals surface area contributed by atoms with Crippen LogP contribution < -0.4 is 5.32 Å². The van der Waals surface area contributed by atoms with Gasteiger partial charge in [-0.1, -0.05) is 19.9 Å². The summed E-state index contributed by atoms with van der Waals surface area (Å²) in [5.74, 6) is 0.996. The second-order valence-corrected chi connectivity index (χ2v) is 4.12. The van der Waals surface area contributed by atoms with Gasteiger partial charge in [0.05, 0.1) is 0 Å². The molecule has 0 aliphatic carbocycles. The number of hydrogen-bond acceptors (Lipinski definition) is 3. The fraction of sp³-hybridized carbons (Fsp3) is 0.636. The first kappa shape index (κ1) is 11.9. The standard InChI is InChI=1S/C11H20N4/c1-5-11(3,8-12-6-2)7-10-13-9-14-15(10)4/h5,9,12H,1,6-8H2,2-4H3. The molecule has 0 saturated heterocycles. The molecule has 1 unspecified atom stereocenters. The number of nitrogens with zero attached hydrogens (tertiary/aromatic N) is 3. The van der Waals surface area contributed by atoms with Crippen LogP contribution in [-0.4, -0.2) is 27.9 Å². The molecule has 0 amide bonds. The maximum absolute atomic E-state index is 4.23. The zero-order valence-electron chi connectivity index (χ0n) is 9.82. The van der Waals surface area contributed by atoms with Crippen LogP contribution in [0.5, 0.6) is 0 Å². The fourth-order valence-corrected chi connectivity index (χ4v) is 1.46. The van der Waals surface area contributed by atoms with Crippen molar-refractivity contribution in [2.45, 2.75) is 20.3 Å². The van der Waals surface area contributed by atoms with Gasteiger partial charge >= 0.3 is 0 Å². The lowest BCUT2D eigenvalue weighted by atomic mass is 9.86. The molecule has 4 nitrogen and oxygen atoms in total. The molecule has 1 aromatic rings. The lowest BCUT2D eigenvalue weighted by Crippen LogP contribution is -2.32. The maximum Gasteiger partial charge on any atom is 0.138 e. The van der Waals surface area contributed by atoms with Gasteiger partial charge in [-0.2, -0.15) is 5.10 Å². The topological polar surface area (TPSA) is 42.7 Å². The highest BCUT2D eigenvalue weighted by Crippen LogP contribution is 2.21. The molecule has 0 bridgehead atoms. The minimum absolute atomic E-state index is 0.0385. The Bertz CT molecular complexity index is 318. The van der Waals surface area contributed by atoms with Crippen molar-refractivity contribution in [1.82, 2.24) is 20.1 Å². The molecule has 0 aliphatic rings. The number of aromatic nitrogens is 3. The van der Waals surface area contributed by atoms with Crippen molar-refractivity contribution in [3.63, 3.8) is 0 Å². The average Bonchev–Trinajstić information content (AvgIpc) is 2.61. The first-order valence-electron chi connectivity index (χ1n) is 5.28. The van der Waals surface area contributed by atoms with Crippen molar-refractivity contribution in [1.29, 1.82) is 0 Å². The summed E-state index contributed by atoms with van der Waals surface area (Å²) in [6.07, 6.45) is 4.44. The smallest absolute Gasteiger partial charge is 0.138 e. The van der Waals surface area contributed by atoms with E-state index in [0.717, 1.165) is 25.3 Å². The summed E-state index contributed by atoms with van der Waals surface area (Å²) < 4.78 is 1.81. The van der Waals surface area contributed by atoms with Crippen LogP contribution in [0, 0.1) is 5.41 Å². The van der Waals surface area contributed by atoms with Gasteiger partial charge in [0.2, 0.25) is 0 Å². The third kappa shape index (κ3) is 3.16. The Hall–Kier alpha value is -1.16. The zero-order valence-corrected chi connectivity index (χ0v) is 9.82. The largest absolute Gasteiger partial charge is 0.316 e. The lowest BCUT2D eigenvalue weighted by molar-refractivity contribution is 0.381. The molecule has 15 heavy (non-hydrogen) atoms. The van der Waals surface area contributed by atoms with Crippen LogP contribution in [0.15, 0.2) is 19.0 Å². The first-order valence-corrected chi connectivity index (χ1v) is 5.28. The third-order valence-electron chi connectivity index (χ3n) is 2.64. The van der Waals surface area contributed by atoms with Gasteiger partial charge in [-0.15, -0.1) is 6.58 Å². The van der Waals surface area contributed by atoms with E-state index in [1.165, 1.54) is 0 Å². The summed E-state index contributed by atoms with van der Waals surface area (Å²) in [4.78, 5) is 4.23. The minimum Gasteiger partial charge on any atom is -0.316 e. The van der Waals surface area contributed by atoms with Crippen molar-refractivity contribution in [2.24, 2.45) is 12.5 Å². The van der Waals surface area contributed by atoms with Gasteiger partial charge in [0.1, 0.15) is 12.2 Å². The quantitative estimate of drug-likeness (QED) is 0.713. The van der Waals surface area contributed by atoms with Gasteiger partial charge in [0, 0.05) is 25.4 Å². The number of aryl methyl sites for hydroxylation is 1. The van der Waals surface area contributed by atoms with Crippen LogP contribution in [0.25, 0.3) is 0 Å². The number of nitrogens with one attached hydrogen (secondary N) is 1. The molecule has 1 rings (SSSR count). The molecule has 1 aromatic heterocycles. The summed E-state index contributed by atoms with van der Waals surface area (Å²) in [5, 5.41) is 7.41. The molecule has 4 heteroatoms. The Kier molecular flexibility index (Phi) is 4.03. The Balaban J connectivity index is 2.67. The Labute approximate surface area is 91.4 Å². The van der Waals surface area contributed by atoms with Gasteiger partial charge in [0.25, 0.3) is 0 Å². The molecular weight excluding hydrogens is 188 g/mol. The molecule has 1 N–H and O–H groups in total. The molecule has 0 spiro atoms. The van der Waals surface area contributed by atoms with Gasteiger partial charge in [-0.3, -0.25) is 4.68 Å². The summed E-state index contributed by atoms with van der Waals surface area (Å²) in [6, 6.07) is 0. The fourth-order valence-electron chi connectivity index (χ4n) is 1.46. The highest BCUT2D eigenvalue weighted by Gasteiger charge is 2.22. The van der Waals surface area contributed by atoms with Crippen molar-refractivity contribution < 1.29 is 0 Å². The van der Waals surface area contributed by atoms with Crippen molar-refractivity contribution in [2.75, 3.05) is 13.1 Å². The molecular formula is C11H20N4. The average molecular weight is 208 g/mol. The Morgan fingerprint density at radius 3 is 2.87 bits per heavy atom. The predicted octanol–water partition coefficient (Wildman–Crippen LogP) is 1.16. The van der Waals surface area contributed by atoms with Crippen LogP contribution in [-0.2, 0) is 13.5 Å². The molecule has 84 valence electrons. The van der Waals surface area contributed by atoms with Crippen LogP contribution in [0.4, 0.5) is 0 Å². The van der Waals surface area contributed by atoms with Gasteiger partial charge in [0.15, 0.2) is 0 Å². The minimum atomic E-state index is 0.0385. The molecule has 1 heterocycles. The Morgan fingerprint density at radius 1 is 1.67 bits per heavy atom. The van der Waals surface area contributed by atoms with Crippen LogP contribution in [0.2, 0.25) is 0 Å². The van der Waals surface area contributed by atoms with E-state index in [0.29, 0.717) is 0 Å². The van der Waals surface area contributed by atoms with Gasteiger partial charge < -0.3 is 5.32 Å². The van der Waals surface area contributed by atoms with E-state index in [-0.39, 0.29) is 5.41 Å². The third-order valence-corrected chi connectivity index (χ3v) is 2.64. The molecule has 0 aliphatic heterocycles. The summed E-state index contributed by atoms with van der Waals surface area (Å²) in [7, 11) is 1.92. The second-order valence-electron chi connectivity index (χ2n) is 4.12. The normalized spacial score (nSPS) is 14.9. The maximum atomic E-state index is 4.23.